The third kappa shape index (κ3) is 5.66. The molecule has 6 nitrogen and oxygen atoms in total. The van der Waals surface area contributed by atoms with Crippen LogP contribution in [0.5, 0.6) is 5.75 Å². The molecule has 0 heterocycles. The highest BCUT2D eigenvalue weighted by atomic mass is 32.2. The van der Waals surface area contributed by atoms with Crippen molar-refractivity contribution in [2.45, 2.75) is 31.8 Å². The van der Waals surface area contributed by atoms with E-state index in [9.17, 15) is 22.0 Å². The normalized spacial score (nSPS) is 14.6. The molecule has 156 valence electrons. The molecule has 0 saturated heterocycles. The van der Waals surface area contributed by atoms with Gasteiger partial charge in [0, 0.05) is 11.8 Å². The van der Waals surface area contributed by atoms with Gasteiger partial charge in [0.15, 0.2) is 0 Å². The Morgan fingerprint density at radius 1 is 1.14 bits per heavy atom. The van der Waals surface area contributed by atoms with Crippen molar-refractivity contribution < 1.29 is 26.7 Å². The zero-order valence-electron chi connectivity index (χ0n) is 15.9. The predicted octanol–water partition coefficient (Wildman–Crippen LogP) is 3.69. The summed E-state index contributed by atoms with van der Waals surface area (Å²) >= 11 is 0. The highest BCUT2D eigenvalue weighted by Crippen LogP contribution is 2.25. The van der Waals surface area contributed by atoms with E-state index in [1.807, 2.05) is 0 Å². The number of ether oxygens (including phenoxy) is 1. The van der Waals surface area contributed by atoms with Gasteiger partial charge in [0.05, 0.1) is 18.0 Å². The van der Waals surface area contributed by atoms with Gasteiger partial charge in [-0.25, -0.2) is 17.2 Å². The molecule has 2 aromatic rings. The second kappa shape index (κ2) is 8.77. The first-order valence-electron chi connectivity index (χ1n) is 9.22. The molecule has 0 unspecified atom stereocenters. The number of halogens is 2. The molecule has 0 atom stereocenters. The van der Waals surface area contributed by atoms with Crippen LogP contribution in [0, 0.1) is 11.6 Å². The van der Waals surface area contributed by atoms with Gasteiger partial charge in [-0.15, -0.1) is 0 Å². The number of amides is 1. The molecule has 29 heavy (non-hydrogen) atoms. The number of anilines is 2. The van der Waals surface area contributed by atoms with Crippen molar-refractivity contribution in [3.05, 3.63) is 54.1 Å². The van der Waals surface area contributed by atoms with Crippen LogP contribution in [-0.2, 0) is 14.8 Å². The molecule has 0 aliphatic heterocycles. The Morgan fingerprint density at radius 3 is 2.38 bits per heavy atom. The van der Waals surface area contributed by atoms with Crippen LogP contribution >= 0.6 is 0 Å². The lowest BCUT2D eigenvalue weighted by Crippen LogP contribution is -2.38. The SMILES string of the molecule is CS(=O)(=O)N(CC(=O)Nc1ccc(OC2CCCC2)cc1)c1ccc(F)cc1F. The third-order valence-corrected chi connectivity index (χ3v) is 5.74. The maximum atomic E-state index is 14.0. The van der Waals surface area contributed by atoms with Crippen molar-refractivity contribution in [3.63, 3.8) is 0 Å². The van der Waals surface area contributed by atoms with Gasteiger partial charge in [0.1, 0.15) is 23.9 Å². The number of benzene rings is 2. The summed E-state index contributed by atoms with van der Waals surface area (Å²) in [5, 5.41) is 2.57. The fourth-order valence-corrected chi connectivity index (χ4v) is 4.07. The molecule has 1 aliphatic carbocycles. The molecule has 0 spiro atoms. The molecule has 1 amide bonds. The van der Waals surface area contributed by atoms with Crippen LogP contribution in [0.4, 0.5) is 20.2 Å². The maximum absolute atomic E-state index is 14.0. The largest absolute Gasteiger partial charge is 0.490 e. The van der Waals surface area contributed by atoms with E-state index < -0.39 is 39.8 Å². The minimum Gasteiger partial charge on any atom is -0.490 e. The molecule has 0 radical (unpaired) electrons. The molecule has 1 N–H and O–H groups in total. The van der Waals surface area contributed by atoms with Crippen molar-refractivity contribution in [1.29, 1.82) is 0 Å². The summed E-state index contributed by atoms with van der Waals surface area (Å²) in [6.45, 7) is -0.651. The van der Waals surface area contributed by atoms with E-state index in [-0.39, 0.29) is 6.10 Å². The van der Waals surface area contributed by atoms with Crippen LogP contribution in [0.15, 0.2) is 42.5 Å². The summed E-state index contributed by atoms with van der Waals surface area (Å²) in [4.78, 5) is 12.3. The zero-order valence-corrected chi connectivity index (χ0v) is 16.7. The second-order valence-corrected chi connectivity index (χ2v) is 8.87. The first kappa shape index (κ1) is 21.0. The molecule has 2 aromatic carbocycles. The van der Waals surface area contributed by atoms with Gasteiger partial charge in [-0.1, -0.05) is 0 Å². The molecule has 0 aromatic heterocycles. The summed E-state index contributed by atoms with van der Waals surface area (Å²) in [5.74, 6) is -1.88. The lowest BCUT2D eigenvalue weighted by Gasteiger charge is -2.22. The number of carbonyl (C=O) groups is 1. The van der Waals surface area contributed by atoms with E-state index in [1.54, 1.807) is 24.3 Å². The van der Waals surface area contributed by atoms with Crippen molar-refractivity contribution in [2.24, 2.45) is 0 Å². The minimum absolute atomic E-state index is 0.212. The third-order valence-electron chi connectivity index (χ3n) is 4.61. The predicted molar refractivity (Wildman–Crippen MR) is 107 cm³/mol. The van der Waals surface area contributed by atoms with Crippen molar-refractivity contribution in [1.82, 2.24) is 0 Å². The van der Waals surface area contributed by atoms with Gasteiger partial charge in [0.25, 0.3) is 0 Å². The zero-order chi connectivity index (χ0) is 21.0. The average Bonchev–Trinajstić information content (AvgIpc) is 3.14. The fraction of sp³-hybridized carbons (Fsp3) is 0.350. The molecule has 1 saturated carbocycles. The van der Waals surface area contributed by atoms with Gasteiger partial charge in [-0.2, -0.15) is 0 Å². The monoisotopic (exact) mass is 424 g/mol. The van der Waals surface area contributed by atoms with E-state index in [2.05, 4.69) is 5.32 Å². The van der Waals surface area contributed by atoms with Gasteiger partial charge < -0.3 is 10.1 Å². The Kier molecular flexibility index (Phi) is 6.36. The number of rotatable bonds is 7. The molecule has 0 bridgehead atoms. The second-order valence-electron chi connectivity index (χ2n) is 6.96. The smallest absolute Gasteiger partial charge is 0.245 e. The number of nitrogens with zero attached hydrogens (tertiary/aromatic N) is 1. The highest BCUT2D eigenvalue weighted by Gasteiger charge is 2.24. The molecule has 9 heteroatoms. The number of nitrogens with one attached hydrogen (secondary N) is 1. The van der Waals surface area contributed by atoms with E-state index in [1.165, 1.54) is 0 Å². The molecule has 3 rings (SSSR count). The number of hydrogen-bond donors (Lipinski definition) is 1. The van der Waals surface area contributed by atoms with Gasteiger partial charge in [-0.05, 0) is 62.1 Å². The minimum atomic E-state index is -3.97. The number of carbonyl (C=O) groups excluding carboxylic acids is 1. The first-order chi connectivity index (χ1) is 13.7. The highest BCUT2D eigenvalue weighted by molar-refractivity contribution is 7.92. The molecular formula is C20H22F2N2O4S. The molecule has 1 aliphatic rings. The van der Waals surface area contributed by atoms with Crippen LogP contribution in [0.25, 0.3) is 0 Å². The Labute approximate surface area is 168 Å². The topological polar surface area (TPSA) is 75.7 Å². The van der Waals surface area contributed by atoms with Crippen molar-refractivity contribution in [2.75, 3.05) is 22.4 Å². The van der Waals surface area contributed by atoms with Crippen LogP contribution < -0.4 is 14.4 Å². The Balaban J connectivity index is 1.67. The number of sulfonamides is 1. The summed E-state index contributed by atoms with van der Waals surface area (Å²) in [6, 6.07) is 9.21. The average molecular weight is 424 g/mol. The van der Waals surface area contributed by atoms with E-state index >= 15 is 0 Å². The summed E-state index contributed by atoms with van der Waals surface area (Å²) in [5.41, 5.74) is 0.0474. The quantitative estimate of drug-likeness (QED) is 0.736. The summed E-state index contributed by atoms with van der Waals surface area (Å²) in [7, 11) is -3.97. The van der Waals surface area contributed by atoms with E-state index in [0.717, 1.165) is 44.1 Å². The lowest BCUT2D eigenvalue weighted by molar-refractivity contribution is -0.114. The van der Waals surface area contributed by atoms with Crippen LogP contribution in [0.2, 0.25) is 0 Å². The maximum Gasteiger partial charge on any atom is 0.245 e. The Hall–Kier alpha value is -2.68. The molecular weight excluding hydrogens is 402 g/mol. The van der Waals surface area contributed by atoms with Crippen molar-refractivity contribution in [3.8, 4) is 5.75 Å². The summed E-state index contributed by atoms with van der Waals surface area (Å²) < 4.78 is 57.7. The Morgan fingerprint density at radius 2 is 1.79 bits per heavy atom. The van der Waals surface area contributed by atoms with Gasteiger partial charge in [-0.3, -0.25) is 9.10 Å². The van der Waals surface area contributed by atoms with E-state index in [4.69, 9.17) is 4.74 Å². The fourth-order valence-electron chi connectivity index (χ4n) is 3.21. The standard InChI is InChI=1S/C20H22F2N2O4S/c1-29(26,27)24(19-11-6-14(21)12-18(19)22)13-20(25)23-15-7-9-17(10-8-15)28-16-4-2-3-5-16/h6-12,16H,2-5,13H2,1H3,(H,23,25). The van der Waals surface area contributed by atoms with Gasteiger partial charge in [0.2, 0.25) is 15.9 Å². The van der Waals surface area contributed by atoms with Crippen molar-refractivity contribution >= 4 is 27.3 Å². The van der Waals surface area contributed by atoms with Crippen LogP contribution in [0.3, 0.4) is 0 Å². The van der Waals surface area contributed by atoms with Crippen LogP contribution in [-0.4, -0.2) is 33.2 Å². The molecule has 1 fully saturated rings. The Bertz CT molecular complexity index is 974. The van der Waals surface area contributed by atoms with Crippen LogP contribution in [0.1, 0.15) is 25.7 Å². The van der Waals surface area contributed by atoms with E-state index in [0.29, 0.717) is 21.8 Å². The van der Waals surface area contributed by atoms with Gasteiger partial charge >= 0.3 is 0 Å². The lowest BCUT2D eigenvalue weighted by atomic mass is 10.2. The first-order valence-corrected chi connectivity index (χ1v) is 11.1. The number of hydrogen-bond acceptors (Lipinski definition) is 4. The summed E-state index contributed by atoms with van der Waals surface area (Å²) in [6.07, 6.45) is 5.43.